The Morgan fingerprint density at radius 1 is 1.07 bits per heavy atom. The van der Waals surface area contributed by atoms with Crippen LogP contribution in [0.1, 0.15) is 29.8 Å². The number of aromatic nitrogens is 1. The van der Waals surface area contributed by atoms with Gasteiger partial charge in [-0.05, 0) is 68.8 Å². The molecule has 0 aliphatic heterocycles. The van der Waals surface area contributed by atoms with E-state index in [1.807, 2.05) is 32.0 Å². The summed E-state index contributed by atoms with van der Waals surface area (Å²) in [6.45, 7) is 6.31. The molecule has 0 amide bonds. The maximum absolute atomic E-state index is 14.4. The van der Waals surface area contributed by atoms with Crippen LogP contribution in [0, 0.1) is 19.7 Å². The van der Waals surface area contributed by atoms with Gasteiger partial charge in [-0.2, -0.15) is 0 Å². The van der Waals surface area contributed by atoms with Crippen molar-refractivity contribution < 1.29 is 19.0 Å². The molecule has 0 aliphatic carbocycles. The van der Waals surface area contributed by atoms with Crippen LogP contribution in [0.5, 0.6) is 11.5 Å². The number of benzene rings is 2. The van der Waals surface area contributed by atoms with E-state index < -0.39 is 6.10 Å². The standard InChI is InChI=1S/C23H23FNO3/c1-4-27-14-23(28-17-9-11-22(26)16(3)13-17)21-7-5-6-20(25-21)18-10-8-15(2)12-19(18)24/h5-13,23H,4,14H2,1-3H3/t23-/m0/s1. The number of rotatable bonds is 7. The lowest BCUT2D eigenvalue weighted by atomic mass is 10.1. The van der Waals surface area contributed by atoms with Crippen molar-refractivity contribution in [3.05, 3.63) is 77.2 Å². The fraction of sp³-hybridized carbons (Fsp3) is 0.261. The van der Waals surface area contributed by atoms with Gasteiger partial charge in [0.1, 0.15) is 11.6 Å². The normalized spacial score (nSPS) is 12.0. The van der Waals surface area contributed by atoms with Gasteiger partial charge in [-0.15, -0.1) is 0 Å². The zero-order chi connectivity index (χ0) is 20.1. The van der Waals surface area contributed by atoms with E-state index in [1.54, 1.807) is 31.2 Å². The first-order valence-corrected chi connectivity index (χ1v) is 9.23. The Morgan fingerprint density at radius 2 is 1.89 bits per heavy atom. The van der Waals surface area contributed by atoms with Crippen LogP contribution in [0.15, 0.2) is 54.6 Å². The highest BCUT2D eigenvalue weighted by Crippen LogP contribution is 2.28. The summed E-state index contributed by atoms with van der Waals surface area (Å²) < 4.78 is 26.0. The SMILES string of the molecule is CCOC[C@H](Oc1ccc([O])c(C)c1)c1cccc(-c2ccc(C)cc2F)n1. The van der Waals surface area contributed by atoms with Crippen LogP contribution in [0.2, 0.25) is 0 Å². The van der Waals surface area contributed by atoms with Gasteiger partial charge in [0.2, 0.25) is 0 Å². The Hall–Kier alpha value is -2.92. The summed E-state index contributed by atoms with van der Waals surface area (Å²) in [5.41, 5.74) is 3.07. The van der Waals surface area contributed by atoms with Gasteiger partial charge < -0.3 is 9.47 Å². The van der Waals surface area contributed by atoms with E-state index in [0.29, 0.717) is 41.5 Å². The summed E-state index contributed by atoms with van der Waals surface area (Å²) in [6, 6.07) is 15.3. The Kier molecular flexibility index (Phi) is 6.26. The first-order chi connectivity index (χ1) is 13.5. The molecule has 0 unspecified atom stereocenters. The molecule has 0 bridgehead atoms. The Balaban J connectivity index is 1.92. The topological polar surface area (TPSA) is 51.2 Å². The van der Waals surface area contributed by atoms with E-state index in [0.717, 1.165) is 5.56 Å². The van der Waals surface area contributed by atoms with Crippen LogP contribution < -0.4 is 4.74 Å². The molecule has 1 heterocycles. The van der Waals surface area contributed by atoms with Gasteiger partial charge in [0.05, 0.1) is 18.0 Å². The quantitative estimate of drug-likeness (QED) is 0.520. The van der Waals surface area contributed by atoms with E-state index in [9.17, 15) is 9.50 Å². The highest BCUT2D eigenvalue weighted by atomic mass is 19.1. The fourth-order valence-electron chi connectivity index (χ4n) is 2.87. The van der Waals surface area contributed by atoms with Crippen molar-refractivity contribution in [3.8, 4) is 22.8 Å². The Labute approximate surface area is 164 Å². The maximum atomic E-state index is 14.4. The zero-order valence-electron chi connectivity index (χ0n) is 16.2. The number of hydrogen-bond acceptors (Lipinski definition) is 3. The summed E-state index contributed by atoms with van der Waals surface area (Å²) in [7, 11) is 0. The van der Waals surface area contributed by atoms with Crippen LogP contribution >= 0.6 is 0 Å². The van der Waals surface area contributed by atoms with Crippen molar-refractivity contribution in [2.45, 2.75) is 26.9 Å². The summed E-state index contributed by atoms with van der Waals surface area (Å²) in [6.07, 6.45) is -0.481. The molecule has 4 nitrogen and oxygen atoms in total. The van der Waals surface area contributed by atoms with Crippen LogP contribution in [0.25, 0.3) is 11.3 Å². The lowest BCUT2D eigenvalue weighted by Crippen LogP contribution is -2.16. The first kappa shape index (κ1) is 19.8. The number of hydrogen-bond donors (Lipinski definition) is 0. The zero-order valence-corrected chi connectivity index (χ0v) is 16.2. The smallest absolute Gasteiger partial charge is 0.181 e. The molecule has 0 N–H and O–H groups in total. The largest absolute Gasteiger partial charge is 0.482 e. The van der Waals surface area contributed by atoms with Gasteiger partial charge in [-0.25, -0.2) is 9.37 Å². The van der Waals surface area contributed by atoms with Gasteiger partial charge >= 0.3 is 0 Å². The van der Waals surface area contributed by atoms with E-state index in [4.69, 9.17) is 9.47 Å². The molecule has 2 aromatic carbocycles. The first-order valence-electron chi connectivity index (χ1n) is 9.23. The average Bonchev–Trinajstić information content (AvgIpc) is 2.68. The summed E-state index contributed by atoms with van der Waals surface area (Å²) in [4.78, 5) is 4.62. The molecule has 3 aromatic rings. The second-order valence-electron chi connectivity index (χ2n) is 6.62. The second-order valence-corrected chi connectivity index (χ2v) is 6.62. The molecule has 1 aromatic heterocycles. The van der Waals surface area contributed by atoms with Gasteiger partial charge in [-0.3, -0.25) is 5.11 Å². The van der Waals surface area contributed by atoms with E-state index in [-0.39, 0.29) is 11.6 Å². The molecule has 0 saturated carbocycles. The molecule has 28 heavy (non-hydrogen) atoms. The highest BCUT2D eigenvalue weighted by molar-refractivity contribution is 5.60. The minimum atomic E-state index is -0.481. The van der Waals surface area contributed by atoms with Crippen LogP contribution in [-0.2, 0) is 9.84 Å². The van der Waals surface area contributed by atoms with Gasteiger partial charge in [-0.1, -0.05) is 12.1 Å². The van der Waals surface area contributed by atoms with Crippen molar-refractivity contribution in [2.24, 2.45) is 0 Å². The van der Waals surface area contributed by atoms with Crippen LogP contribution in [0.4, 0.5) is 4.39 Å². The fourth-order valence-corrected chi connectivity index (χ4v) is 2.87. The number of nitrogens with zero attached hydrogens (tertiary/aromatic N) is 1. The van der Waals surface area contributed by atoms with Crippen molar-refractivity contribution in [3.63, 3.8) is 0 Å². The molecule has 0 aliphatic rings. The number of halogens is 1. The van der Waals surface area contributed by atoms with E-state index in [2.05, 4.69) is 4.98 Å². The summed E-state index contributed by atoms with van der Waals surface area (Å²) in [5, 5.41) is 11.6. The van der Waals surface area contributed by atoms with Crippen LogP contribution in [-0.4, -0.2) is 18.2 Å². The number of aryl methyl sites for hydroxylation is 2. The van der Waals surface area contributed by atoms with Crippen molar-refractivity contribution >= 4 is 0 Å². The minimum absolute atomic E-state index is 0.0383. The Morgan fingerprint density at radius 3 is 2.61 bits per heavy atom. The second kappa shape index (κ2) is 8.85. The van der Waals surface area contributed by atoms with Crippen LogP contribution in [0.3, 0.4) is 0 Å². The van der Waals surface area contributed by atoms with Crippen molar-refractivity contribution in [1.82, 2.24) is 4.98 Å². The molecule has 0 saturated heterocycles. The molecule has 145 valence electrons. The summed E-state index contributed by atoms with van der Waals surface area (Å²) >= 11 is 0. The predicted octanol–water partition coefficient (Wildman–Crippen LogP) is 5.80. The number of ether oxygens (including phenoxy) is 2. The van der Waals surface area contributed by atoms with Gasteiger partial charge in [0, 0.05) is 17.7 Å². The molecule has 0 spiro atoms. The molecular formula is C23H23FNO3. The van der Waals surface area contributed by atoms with Gasteiger partial charge in [0.15, 0.2) is 11.9 Å². The third-order valence-corrected chi connectivity index (χ3v) is 4.40. The maximum Gasteiger partial charge on any atom is 0.181 e. The molecule has 1 radical (unpaired) electrons. The third-order valence-electron chi connectivity index (χ3n) is 4.40. The van der Waals surface area contributed by atoms with Gasteiger partial charge in [0.25, 0.3) is 0 Å². The van der Waals surface area contributed by atoms with E-state index in [1.165, 1.54) is 12.1 Å². The van der Waals surface area contributed by atoms with Crippen molar-refractivity contribution in [1.29, 1.82) is 0 Å². The minimum Gasteiger partial charge on any atom is -0.482 e. The lowest BCUT2D eigenvalue weighted by molar-refractivity contribution is 0.0540. The predicted molar refractivity (Wildman–Crippen MR) is 106 cm³/mol. The van der Waals surface area contributed by atoms with Crippen molar-refractivity contribution in [2.75, 3.05) is 13.2 Å². The average molecular weight is 380 g/mol. The summed E-state index contributed by atoms with van der Waals surface area (Å²) in [5.74, 6) is 0.216. The third kappa shape index (κ3) is 4.67. The molecule has 1 atom stereocenters. The molecule has 3 rings (SSSR count). The Bertz CT molecular complexity index is 958. The van der Waals surface area contributed by atoms with E-state index >= 15 is 0 Å². The molecule has 5 heteroatoms. The molecular weight excluding hydrogens is 357 g/mol. The lowest BCUT2D eigenvalue weighted by Gasteiger charge is -2.19. The monoisotopic (exact) mass is 380 g/mol. The highest BCUT2D eigenvalue weighted by Gasteiger charge is 2.18. The molecule has 0 fully saturated rings. The number of pyridine rings is 1.